The first-order chi connectivity index (χ1) is 37.0. The maximum atomic E-state index is 14.2. The summed E-state index contributed by atoms with van der Waals surface area (Å²) in [5, 5.41) is 2.26. The molecule has 0 bridgehead atoms. The third-order valence-corrected chi connectivity index (χ3v) is 17.0. The Morgan fingerprint density at radius 1 is 0.364 bits per heavy atom. The van der Waals surface area contributed by atoms with Crippen molar-refractivity contribution in [3.8, 4) is 44.5 Å². The lowest BCUT2D eigenvalue weighted by atomic mass is 9.79. The van der Waals surface area contributed by atoms with Crippen LogP contribution in [0.15, 0.2) is 218 Å². The second-order valence-corrected chi connectivity index (χ2v) is 22.2. The Labute approximate surface area is 446 Å². The average molecular weight is 1040 g/mol. The van der Waals surface area contributed by atoms with Gasteiger partial charge >= 0.3 is 12.4 Å². The lowest BCUT2D eigenvalue weighted by Gasteiger charge is -2.31. The quantitative estimate of drug-likeness (QED) is 0.140. The number of benzene rings is 10. The van der Waals surface area contributed by atoms with Crippen molar-refractivity contribution in [3.05, 3.63) is 252 Å². The largest absolute Gasteiger partial charge is 0.416 e. The SMILES string of the molecule is CC1(C)c2cc(N(c3ccc(C(F)(F)F)cc3)c3ccccc3-c3ccccc3)ccc2-c2cc3c(cc21)sc1cc(N(c2ccc(C(F)(F)F)cc2)c2ccccc2-c2ccccc2)c2c(c13)C(C)(C)c1ccccc1-2. The molecule has 2 nitrogen and oxygen atoms in total. The number of thiophene rings is 1. The molecule has 0 spiro atoms. The third-order valence-electron chi connectivity index (χ3n) is 15.9. The van der Waals surface area contributed by atoms with Gasteiger partial charge in [-0.15, -0.1) is 11.3 Å². The molecule has 0 N–H and O–H groups in total. The van der Waals surface area contributed by atoms with Gasteiger partial charge in [0, 0.05) is 64.8 Å². The maximum Gasteiger partial charge on any atom is 0.416 e. The molecule has 0 atom stereocenters. The van der Waals surface area contributed by atoms with Gasteiger partial charge in [0.15, 0.2) is 0 Å². The number of para-hydroxylation sites is 2. The van der Waals surface area contributed by atoms with Crippen LogP contribution in [-0.2, 0) is 23.2 Å². The maximum absolute atomic E-state index is 14.2. The van der Waals surface area contributed by atoms with Crippen LogP contribution < -0.4 is 9.80 Å². The molecular weight excluding hydrogens is 991 g/mol. The highest BCUT2D eigenvalue weighted by Gasteiger charge is 2.43. The highest BCUT2D eigenvalue weighted by molar-refractivity contribution is 7.26. The summed E-state index contributed by atoms with van der Waals surface area (Å²) in [4.78, 5) is 4.20. The zero-order chi connectivity index (χ0) is 53.2. The number of rotatable bonds is 8. The summed E-state index contributed by atoms with van der Waals surface area (Å²) >= 11 is 1.72. The summed E-state index contributed by atoms with van der Waals surface area (Å²) in [7, 11) is 0. The van der Waals surface area contributed by atoms with Gasteiger partial charge in [0.25, 0.3) is 0 Å². The molecule has 1 aromatic heterocycles. The van der Waals surface area contributed by atoms with Gasteiger partial charge in [0.1, 0.15) is 0 Å². The van der Waals surface area contributed by atoms with E-state index in [1.54, 1.807) is 35.6 Å². The minimum absolute atomic E-state index is 0.484. The van der Waals surface area contributed by atoms with E-state index in [9.17, 15) is 26.3 Å². The van der Waals surface area contributed by atoms with E-state index in [-0.39, 0.29) is 0 Å². The number of alkyl halides is 6. The van der Waals surface area contributed by atoms with Gasteiger partial charge in [-0.05, 0) is 141 Å². The molecular formula is C68H48F6N2S. The summed E-state index contributed by atoms with van der Waals surface area (Å²) in [5.41, 5.74) is 14.9. The van der Waals surface area contributed by atoms with Crippen molar-refractivity contribution in [1.82, 2.24) is 0 Å². The highest BCUT2D eigenvalue weighted by atomic mass is 32.1. The van der Waals surface area contributed by atoms with E-state index in [4.69, 9.17) is 0 Å². The molecule has 2 aliphatic carbocycles. The van der Waals surface area contributed by atoms with Gasteiger partial charge in [-0.1, -0.05) is 155 Å². The second kappa shape index (κ2) is 17.6. The molecule has 11 aromatic rings. The fraction of sp³-hybridized carbons (Fsp3) is 0.118. The Hall–Kier alpha value is -8.40. The van der Waals surface area contributed by atoms with Crippen LogP contribution in [0.3, 0.4) is 0 Å². The Morgan fingerprint density at radius 2 is 0.844 bits per heavy atom. The van der Waals surface area contributed by atoms with E-state index in [2.05, 4.69) is 116 Å². The summed E-state index contributed by atoms with van der Waals surface area (Å²) in [6.07, 6.45) is -8.99. The first kappa shape index (κ1) is 48.3. The van der Waals surface area contributed by atoms with E-state index in [0.29, 0.717) is 11.4 Å². The van der Waals surface area contributed by atoms with E-state index in [1.165, 1.54) is 17.7 Å². The number of anilines is 6. The van der Waals surface area contributed by atoms with Crippen LogP contribution in [0.5, 0.6) is 0 Å². The number of nitrogens with zero attached hydrogens (tertiary/aromatic N) is 2. The lowest BCUT2D eigenvalue weighted by molar-refractivity contribution is -0.138. The molecule has 0 saturated heterocycles. The van der Waals surface area contributed by atoms with E-state index >= 15 is 0 Å². The molecule has 378 valence electrons. The van der Waals surface area contributed by atoms with Gasteiger partial charge in [0.05, 0.1) is 28.2 Å². The molecule has 1 heterocycles. The first-order valence-electron chi connectivity index (χ1n) is 25.6. The Kier molecular flexibility index (Phi) is 11.0. The molecule has 0 unspecified atom stereocenters. The summed E-state index contributed by atoms with van der Waals surface area (Å²) in [5.74, 6) is 0. The minimum atomic E-state index is -4.51. The summed E-state index contributed by atoms with van der Waals surface area (Å²) < 4.78 is 86.8. The Morgan fingerprint density at radius 3 is 1.42 bits per heavy atom. The molecule has 13 rings (SSSR count). The van der Waals surface area contributed by atoms with E-state index in [1.807, 2.05) is 91.0 Å². The predicted molar refractivity (Wildman–Crippen MR) is 305 cm³/mol. The topological polar surface area (TPSA) is 6.48 Å². The number of hydrogen-bond donors (Lipinski definition) is 0. The Bertz CT molecular complexity index is 4120. The first-order valence-corrected chi connectivity index (χ1v) is 26.4. The van der Waals surface area contributed by atoms with E-state index in [0.717, 1.165) is 116 Å². The number of halogens is 6. The van der Waals surface area contributed by atoms with Crippen LogP contribution >= 0.6 is 11.3 Å². The van der Waals surface area contributed by atoms with Crippen LogP contribution in [0.4, 0.5) is 60.5 Å². The molecule has 0 saturated carbocycles. The molecule has 9 heteroatoms. The predicted octanol–water partition coefficient (Wildman–Crippen LogP) is 21.0. The van der Waals surface area contributed by atoms with Crippen molar-refractivity contribution in [1.29, 1.82) is 0 Å². The fourth-order valence-corrected chi connectivity index (χ4v) is 13.4. The van der Waals surface area contributed by atoms with Gasteiger partial charge in [0.2, 0.25) is 0 Å². The molecule has 0 radical (unpaired) electrons. The standard InChI is InChI=1S/C68H48F6N2S/c1-65(2)55-37-47(75(45-31-27-43(28-32-45)67(69,70)71)57-25-15-12-21-48(57)41-17-7-5-8-18-41)35-36-50(55)52-38-53-60(39-56(52)65)77-61-40-59(62-51-23-11-14-24-54(51)66(3,4)64(62)63(53)61)76(46-33-29-44(30-34-46)68(72,73)74)58-26-16-13-22-49(58)42-19-9-6-10-20-42/h5-40H,1-4H3. The average Bonchev–Trinajstić information content (AvgIpc) is 4.18. The number of fused-ring (bicyclic) bond motifs is 10. The normalized spacial score (nSPS) is 14.1. The van der Waals surface area contributed by atoms with Gasteiger partial charge < -0.3 is 9.80 Å². The second-order valence-electron chi connectivity index (χ2n) is 21.1. The van der Waals surface area contributed by atoms with Crippen molar-refractivity contribution >= 4 is 65.6 Å². The van der Waals surface area contributed by atoms with Crippen LogP contribution in [0.1, 0.15) is 61.1 Å². The smallest absolute Gasteiger partial charge is 0.310 e. The van der Waals surface area contributed by atoms with Gasteiger partial charge in [-0.25, -0.2) is 0 Å². The summed E-state index contributed by atoms with van der Waals surface area (Å²) in [6, 6.07) is 68.9. The zero-order valence-corrected chi connectivity index (χ0v) is 43.2. The van der Waals surface area contributed by atoms with E-state index < -0.39 is 34.3 Å². The molecule has 77 heavy (non-hydrogen) atoms. The van der Waals surface area contributed by atoms with Crippen LogP contribution in [0.2, 0.25) is 0 Å². The van der Waals surface area contributed by atoms with Crippen molar-refractivity contribution < 1.29 is 26.3 Å². The van der Waals surface area contributed by atoms with Crippen molar-refractivity contribution in [2.45, 2.75) is 50.9 Å². The molecule has 10 aromatic carbocycles. The van der Waals surface area contributed by atoms with Crippen molar-refractivity contribution in [2.75, 3.05) is 9.80 Å². The van der Waals surface area contributed by atoms with Gasteiger partial charge in [-0.2, -0.15) is 26.3 Å². The third kappa shape index (κ3) is 7.76. The fourth-order valence-electron chi connectivity index (χ4n) is 12.2. The molecule has 0 aliphatic heterocycles. The Balaban J connectivity index is 1.02. The summed E-state index contributed by atoms with van der Waals surface area (Å²) in [6.45, 7) is 9.03. The van der Waals surface area contributed by atoms with Crippen LogP contribution in [-0.4, -0.2) is 0 Å². The van der Waals surface area contributed by atoms with Gasteiger partial charge in [-0.3, -0.25) is 0 Å². The zero-order valence-electron chi connectivity index (χ0n) is 42.4. The van der Waals surface area contributed by atoms with Crippen molar-refractivity contribution in [3.63, 3.8) is 0 Å². The minimum Gasteiger partial charge on any atom is -0.310 e. The lowest BCUT2D eigenvalue weighted by Crippen LogP contribution is -2.17. The van der Waals surface area contributed by atoms with Crippen LogP contribution in [0.25, 0.3) is 64.7 Å². The molecule has 0 fully saturated rings. The molecule has 2 aliphatic rings. The number of hydrogen-bond acceptors (Lipinski definition) is 3. The van der Waals surface area contributed by atoms with Crippen molar-refractivity contribution in [2.24, 2.45) is 0 Å². The highest BCUT2D eigenvalue weighted by Crippen LogP contribution is 2.61. The molecule has 0 amide bonds. The monoisotopic (exact) mass is 1040 g/mol. The van der Waals surface area contributed by atoms with Crippen LogP contribution in [0, 0.1) is 0 Å².